The van der Waals surface area contributed by atoms with E-state index in [1.54, 1.807) is 0 Å². The number of aromatic amines is 1. The van der Waals surface area contributed by atoms with Crippen molar-refractivity contribution >= 4 is 16.9 Å². The lowest BCUT2D eigenvalue weighted by Gasteiger charge is -2.16. The van der Waals surface area contributed by atoms with Crippen LogP contribution < -0.4 is 5.73 Å². The standard InChI is InChI=1S/C10H6F5N3O/c11-9(12,10(13,14)15)8-17-5-3-1-2-4(7(16)19)6(5)18-8/h1-3H,(H2,16,19)(H,17,18). The fraction of sp³-hybridized carbons (Fsp3) is 0.200. The van der Waals surface area contributed by atoms with Crippen molar-refractivity contribution in [3.63, 3.8) is 0 Å². The Kier molecular flexibility index (Phi) is 2.72. The summed E-state index contributed by atoms with van der Waals surface area (Å²) >= 11 is 0. The summed E-state index contributed by atoms with van der Waals surface area (Å²) in [7, 11) is 0. The number of imidazole rings is 1. The van der Waals surface area contributed by atoms with E-state index in [0.29, 0.717) is 0 Å². The summed E-state index contributed by atoms with van der Waals surface area (Å²) in [5, 5.41) is 0. The van der Waals surface area contributed by atoms with Gasteiger partial charge in [0.2, 0.25) is 0 Å². The van der Waals surface area contributed by atoms with E-state index < -0.39 is 23.8 Å². The average molecular weight is 279 g/mol. The molecule has 102 valence electrons. The first kappa shape index (κ1) is 13.2. The minimum absolute atomic E-state index is 0.129. The van der Waals surface area contributed by atoms with Gasteiger partial charge in [0.15, 0.2) is 5.82 Å². The number of H-pyrrole nitrogens is 1. The van der Waals surface area contributed by atoms with Crippen molar-refractivity contribution in [2.45, 2.75) is 12.1 Å². The van der Waals surface area contributed by atoms with E-state index in [0.717, 1.165) is 0 Å². The molecule has 0 saturated carbocycles. The highest BCUT2D eigenvalue weighted by Gasteiger charge is 2.61. The van der Waals surface area contributed by atoms with Gasteiger partial charge in [0.05, 0.1) is 11.1 Å². The molecule has 0 fully saturated rings. The second-order valence-electron chi connectivity index (χ2n) is 3.72. The molecule has 0 aliphatic rings. The maximum Gasteiger partial charge on any atom is 0.461 e. The molecule has 0 aliphatic heterocycles. The number of nitrogens with two attached hydrogens (primary N) is 1. The molecule has 9 heteroatoms. The molecule has 1 aromatic heterocycles. The van der Waals surface area contributed by atoms with Gasteiger partial charge in [-0.25, -0.2) is 4.98 Å². The Balaban J connectivity index is 2.66. The van der Waals surface area contributed by atoms with Crippen LogP contribution in [-0.4, -0.2) is 22.1 Å². The van der Waals surface area contributed by atoms with E-state index in [4.69, 9.17) is 5.73 Å². The molecule has 1 amide bonds. The lowest BCUT2D eigenvalue weighted by atomic mass is 10.2. The maximum absolute atomic E-state index is 13.1. The SMILES string of the molecule is NC(=O)c1cccc2[nH]c(C(F)(F)C(F)(F)F)nc12. The highest BCUT2D eigenvalue weighted by molar-refractivity contribution is 6.04. The third-order valence-corrected chi connectivity index (χ3v) is 2.43. The van der Waals surface area contributed by atoms with Crippen LogP contribution in [-0.2, 0) is 5.92 Å². The summed E-state index contributed by atoms with van der Waals surface area (Å²) in [6, 6.07) is 3.68. The van der Waals surface area contributed by atoms with Gasteiger partial charge >= 0.3 is 12.1 Å². The van der Waals surface area contributed by atoms with Gasteiger partial charge in [-0.1, -0.05) is 6.07 Å². The second kappa shape index (κ2) is 3.90. The number of hydrogen-bond acceptors (Lipinski definition) is 2. The molecule has 2 rings (SSSR count). The van der Waals surface area contributed by atoms with E-state index in [1.165, 1.54) is 18.2 Å². The van der Waals surface area contributed by atoms with Gasteiger partial charge in [0, 0.05) is 0 Å². The van der Waals surface area contributed by atoms with Gasteiger partial charge in [0.1, 0.15) is 5.52 Å². The molecule has 0 bridgehead atoms. The number of aromatic nitrogens is 2. The number of alkyl halides is 5. The Morgan fingerprint density at radius 2 is 1.84 bits per heavy atom. The van der Waals surface area contributed by atoms with Gasteiger partial charge in [-0.15, -0.1) is 0 Å². The summed E-state index contributed by atoms with van der Waals surface area (Å²) < 4.78 is 62.8. The van der Waals surface area contributed by atoms with E-state index in [-0.39, 0.29) is 16.6 Å². The van der Waals surface area contributed by atoms with Crippen LogP contribution in [0.3, 0.4) is 0 Å². The fourth-order valence-electron chi connectivity index (χ4n) is 1.51. The number of amides is 1. The summed E-state index contributed by atoms with van der Waals surface area (Å²) in [4.78, 5) is 16.0. The summed E-state index contributed by atoms with van der Waals surface area (Å²) in [6.45, 7) is 0. The molecule has 3 N–H and O–H groups in total. The molecular weight excluding hydrogens is 273 g/mol. The van der Waals surface area contributed by atoms with E-state index >= 15 is 0 Å². The number of halogens is 5. The number of carbonyl (C=O) groups is 1. The second-order valence-corrected chi connectivity index (χ2v) is 3.72. The number of carbonyl (C=O) groups excluding carboxylic acids is 1. The molecule has 0 radical (unpaired) electrons. The predicted octanol–water partition coefficient (Wildman–Crippen LogP) is 2.32. The monoisotopic (exact) mass is 279 g/mol. The Morgan fingerprint density at radius 3 is 2.37 bits per heavy atom. The van der Waals surface area contributed by atoms with E-state index in [9.17, 15) is 26.7 Å². The van der Waals surface area contributed by atoms with Crippen LogP contribution in [0.25, 0.3) is 11.0 Å². The molecule has 0 unspecified atom stereocenters. The number of para-hydroxylation sites is 1. The van der Waals surface area contributed by atoms with Crippen molar-refractivity contribution in [2.75, 3.05) is 0 Å². The predicted molar refractivity (Wildman–Crippen MR) is 54.6 cm³/mol. The first-order chi connectivity index (χ1) is 8.64. The summed E-state index contributed by atoms with van der Waals surface area (Å²) in [5.74, 6) is -7.69. The number of hydrogen-bond donors (Lipinski definition) is 2. The lowest BCUT2D eigenvalue weighted by molar-refractivity contribution is -0.292. The molecule has 4 nitrogen and oxygen atoms in total. The van der Waals surface area contributed by atoms with Crippen molar-refractivity contribution in [1.29, 1.82) is 0 Å². The van der Waals surface area contributed by atoms with Crippen LogP contribution >= 0.6 is 0 Å². The Morgan fingerprint density at radius 1 is 1.21 bits per heavy atom. The molecular formula is C10H6F5N3O. The maximum atomic E-state index is 13.1. The van der Waals surface area contributed by atoms with Crippen LogP contribution in [0.15, 0.2) is 18.2 Å². The zero-order valence-corrected chi connectivity index (χ0v) is 9.05. The molecule has 0 saturated heterocycles. The van der Waals surface area contributed by atoms with Crippen LogP contribution in [0.1, 0.15) is 16.2 Å². The highest BCUT2D eigenvalue weighted by Crippen LogP contribution is 2.43. The minimum atomic E-state index is -5.78. The van der Waals surface area contributed by atoms with Gasteiger partial charge < -0.3 is 10.7 Å². The summed E-state index contributed by atoms with van der Waals surface area (Å²) in [5.41, 5.74) is 4.29. The van der Waals surface area contributed by atoms with Crippen molar-refractivity contribution in [3.05, 3.63) is 29.6 Å². The van der Waals surface area contributed by atoms with Crippen molar-refractivity contribution < 1.29 is 26.7 Å². The molecule has 1 heterocycles. The number of fused-ring (bicyclic) bond motifs is 1. The van der Waals surface area contributed by atoms with Gasteiger partial charge in [0.25, 0.3) is 5.91 Å². The Hall–Kier alpha value is -2.19. The number of nitrogens with one attached hydrogen (secondary N) is 1. The highest BCUT2D eigenvalue weighted by atomic mass is 19.4. The van der Waals surface area contributed by atoms with E-state index in [2.05, 4.69) is 4.98 Å². The first-order valence-electron chi connectivity index (χ1n) is 4.88. The quantitative estimate of drug-likeness (QED) is 0.828. The molecule has 0 spiro atoms. The lowest BCUT2D eigenvalue weighted by Crippen LogP contribution is -2.34. The molecule has 0 atom stereocenters. The van der Waals surface area contributed by atoms with Crippen molar-refractivity contribution in [2.24, 2.45) is 5.73 Å². The number of rotatable bonds is 2. The fourth-order valence-corrected chi connectivity index (χ4v) is 1.51. The van der Waals surface area contributed by atoms with Gasteiger partial charge in [-0.3, -0.25) is 4.79 Å². The zero-order chi connectivity index (χ0) is 14.4. The van der Waals surface area contributed by atoms with Gasteiger partial charge in [-0.2, -0.15) is 22.0 Å². The number of primary amides is 1. The topological polar surface area (TPSA) is 71.8 Å². The Labute approximate surface area is 102 Å². The normalized spacial score (nSPS) is 12.9. The molecule has 2 aromatic rings. The zero-order valence-electron chi connectivity index (χ0n) is 9.05. The third kappa shape index (κ3) is 2.00. The Bertz CT molecular complexity index is 646. The molecule has 0 aliphatic carbocycles. The van der Waals surface area contributed by atoms with Crippen molar-refractivity contribution in [3.8, 4) is 0 Å². The summed E-state index contributed by atoms with van der Waals surface area (Å²) in [6.07, 6.45) is -5.78. The minimum Gasteiger partial charge on any atom is -0.366 e. The van der Waals surface area contributed by atoms with Crippen LogP contribution in [0.2, 0.25) is 0 Å². The molecule has 19 heavy (non-hydrogen) atoms. The average Bonchev–Trinajstić information content (AvgIpc) is 2.70. The third-order valence-electron chi connectivity index (χ3n) is 2.43. The van der Waals surface area contributed by atoms with Gasteiger partial charge in [-0.05, 0) is 12.1 Å². The van der Waals surface area contributed by atoms with Crippen molar-refractivity contribution in [1.82, 2.24) is 9.97 Å². The first-order valence-corrected chi connectivity index (χ1v) is 4.88. The molecule has 1 aromatic carbocycles. The van der Waals surface area contributed by atoms with E-state index in [1.807, 2.05) is 4.98 Å². The number of nitrogens with zero attached hydrogens (tertiary/aromatic N) is 1. The largest absolute Gasteiger partial charge is 0.461 e. The van der Waals surface area contributed by atoms with Crippen LogP contribution in [0, 0.1) is 0 Å². The van der Waals surface area contributed by atoms with Crippen LogP contribution in [0.5, 0.6) is 0 Å². The van der Waals surface area contributed by atoms with Crippen LogP contribution in [0.4, 0.5) is 22.0 Å². The number of benzene rings is 1. The smallest absolute Gasteiger partial charge is 0.366 e.